The van der Waals surface area contributed by atoms with Crippen molar-refractivity contribution < 1.29 is 9.84 Å². The fraction of sp³-hybridized carbons (Fsp3) is 0.588. The van der Waals surface area contributed by atoms with E-state index in [9.17, 15) is 5.11 Å². The second kappa shape index (κ2) is 7.49. The van der Waals surface area contributed by atoms with Gasteiger partial charge in [0, 0.05) is 20.1 Å². The minimum absolute atomic E-state index is 0.474. The van der Waals surface area contributed by atoms with Crippen LogP contribution in [0.15, 0.2) is 29.3 Å². The van der Waals surface area contributed by atoms with Crippen LogP contribution in [-0.4, -0.2) is 48.8 Å². The second-order valence-corrected chi connectivity index (χ2v) is 5.95. The molecule has 1 aliphatic rings. The van der Waals surface area contributed by atoms with Gasteiger partial charge in [-0.25, -0.2) is 0 Å². The first kappa shape index (κ1) is 16.6. The minimum Gasteiger partial charge on any atom is -0.497 e. The Morgan fingerprint density at radius 2 is 2.05 bits per heavy atom. The van der Waals surface area contributed by atoms with Gasteiger partial charge in [0.05, 0.1) is 19.3 Å². The number of aliphatic imine (C=N–C) groups is 1. The summed E-state index contributed by atoms with van der Waals surface area (Å²) in [6.45, 7) is 4.09. The normalized spacial score (nSPS) is 16.8. The molecule has 1 aromatic carbocycles. The minimum atomic E-state index is -0.582. The Kier molecular flexibility index (Phi) is 5.66. The standard InChI is InChI=1S/C17H27N3O2/c1-4-18-16(19-13-17(21)10-5-11-17)20(2)12-14-6-8-15(22-3)9-7-14/h6-9,21H,4-5,10-13H2,1-3H3,(H,18,19). The van der Waals surface area contributed by atoms with Crippen LogP contribution < -0.4 is 10.1 Å². The summed E-state index contributed by atoms with van der Waals surface area (Å²) in [6.07, 6.45) is 2.82. The smallest absolute Gasteiger partial charge is 0.194 e. The highest BCUT2D eigenvalue weighted by molar-refractivity contribution is 5.79. The first-order valence-electron chi connectivity index (χ1n) is 7.91. The molecule has 0 bridgehead atoms. The molecule has 2 rings (SSSR count). The van der Waals surface area contributed by atoms with Crippen LogP contribution in [0.2, 0.25) is 0 Å². The van der Waals surface area contributed by atoms with Crippen molar-refractivity contribution in [3.63, 3.8) is 0 Å². The molecular weight excluding hydrogens is 278 g/mol. The van der Waals surface area contributed by atoms with Gasteiger partial charge in [0.15, 0.2) is 5.96 Å². The van der Waals surface area contributed by atoms with Crippen molar-refractivity contribution in [1.29, 1.82) is 0 Å². The van der Waals surface area contributed by atoms with Gasteiger partial charge in [-0.05, 0) is 43.9 Å². The van der Waals surface area contributed by atoms with Gasteiger partial charge in [-0.2, -0.15) is 0 Å². The lowest BCUT2D eigenvalue weighted by Gasteiger charge is -2.35. The zero-order chi connectivity index (χ0) is 16.0. The Bertz CT molecular complexity index is 495. The molecule has 5 nitrogen and oxygen atoms in total. The van der Waals surface area contributed by atoms with E-state index in [4.69, 9.17) is 4.74 Å². The van der Waals surface area contributed by atoms with Gasteiger partial charge < -0.3 is 20.1 Å². The highest BCUT2D eigenvalue weighted by Gasteiger charge is 2.34. The van der Waals surface area contributed by atoms with Crippen molar-refractivity contribution in [3.8, 4) is 5.75 Å². The van der Waals surface area contributed by atoms with E-state index >= 15 is 0 Å². The molecule has 0 aromatic heterocycles. The third-order valence-electron chi connectivity index (χ3n) is 4.08. The summed E-state index contributed by atoms with van der Waals surface area (Å²) in [4.78, 5) is 6.67. The number of hydrogen-bond donors (Lipinski definition) is 2. The topological polar surface area (TPSA) is 57.1 Å². The Labute approximate surface area is 133 Å². The second-order valence-electron chi connectivity index (χ2n) is 5.95. The van der Waals surface area contributed by atoms with Crippen LogP contribution in [0, 0.1) is 0 Å². The number of hydrogen-bond acceptors (Lipinski definition) is 3. The number of nitrogens with zero attached hydrogens (tertiary/aromatic N) is 2. The summed E-state index contributed by atoms with van der Waals surface area (Å²) in [7, 11) is 3.68. The van der Waals surface area contributed by atoms with Crippen LogP contribution >= 0.6 is 0 Å². The van der Waals surface area contributed by atoms with E-state index in [0.29, 0.717) is 6.54 Å². The van der Waals surface area contributed by atoms with E-state index in [0.717, 1.165) is 44.1 Å². The van der Waals surface area contributed by atoms with Crippen LogP contribution in [0.4, 0.5) is 0 Å². The molecule has 0 radical (unpaired) electrons. The molecule has 0 spiro atoms. The molecule has 0 saturated heterocycles. The van der Waals surface area contributed by atoms with Crippen molar-refractivity contribution in [1.82, 2.24) is 10.2 Å². The Morgan fingerprint density at radius 1 is 1.36 bits per heavy atom. The van der Waals surface area contributed by atoms with E-state index < -0.39 is 5.60 Å². The predicted molar refractivity (Wildman–Crippen MR) is 89.2 cm³/mol. The molecule has 1 aliphatic carbocycles. The number of guanidine groups is 1. The summed E-state index contributed by atoms with van der Waals surface area (Å²) < 4.78 is 5.18. The van der Waals surface area contributed by atoms with Crippen LogP contribution in [0.25, 0.3) is 0 Å². The van der Waals surface area contributed by atoms with Crippen LogP contribution in [0.1, 0.15) is 31.7 Å². The molecule has 0 amide bonds. The maximum Gasteiger partial charge on any atom is 0.194 e. The number of methoxy groups -OCH3 is 1. The molecule has 1 saturated carbocycles. The Balaban J connectivity index is 1.98. The van der Waals surface area contributed by atoms with Crippen molar-refractivity contribution in [2.75, 3.05) is 27.2 Å². The largest absolute Gasteiger partial charge is 0.497 e. The lowest BCUT2D eigenvalue weighted by molar-refractivity contribution is -0.0237. The van der Waals surface area contributed by atoms with Gasteiger partial charge in [-0.15, -0.1) is 0 Å². The fourth-order valence-electron chi connectivity index (χ4n) is 2.51. The summed E-state index contributed by atoms with van der Waals surface area (Å²) in [6, 6.07) is 8.03. The van der Waals surface area contributed by atoms with Crippen molar-refractivity contribution in [2.24, 2.45) is 4.99 Å². The Morgan fingerprint density at radius 3 is 2.55 bits per heavy atom. The molecule has 122 valence electrons. The molecule has 0 atom stereocenters. The number of benzene rings is 1. The lowest BCUT2D eigenvalue weighted by atomic mass is 9.80. The van der Waals surface area contributed by atoms with Crippen LogP contribution in [-0.2, 0) is 6.54 Å². The predicted octanol–water partition coefficient (Wildman–Crippen LogP) is 2.01. The lowest BCUT2D eigenvalue weighted by Crippen LogP contribution is -2.43. The zero-order valence-corrected chi connectivity index (χ0v) is 13.8. The molecule has 1 fully saturated rings. The highest BCUT2D eigenvalue weighted by Crippen LogP contribution is 2.31. The zero-order valence-electron chi connectivity index (χ0n) is 13.8. The van der Waals surface area contributed by atoms with Gasteiger partial charge in [0.2, 0.25) is 0 Å². The molecule has 2 N–H and O–H groups in total. The van der Waals surface area contributed by atoms with Gasteiger partial charge in [0.1, 0.15) is 5.75 Å². The summed E-state index contributed by atoms with van der Waals surface area (Å²) in [5.74, 6) is 1.69. The third-order valence-corrected chi connectivity index (χ3v) is 4.08. The van der Waals surface area contributed by atoms with Gasteiger partial charge in [-0.3, -0.25) is 4.99 Å². The fourth-order valence-corrected chi connectivity index (χ4v) is 2.51. The number of nitrogens with one attached hydrogen (secondary N) is 1. The Hall–Kier alpha value is -1.75. The first-order valence-corrected chi connectivity index (χ1v) is 7.91. The summed E-state index contributed by atoms with van der Waals surface area (Å²) in [5, 5.41) is 13.5. The summed E-state index contributed by atoms with van der Waals surface area (Å²) >= 11 is 0. The van der Waals surface area contributed by atoms with Crippen molar-refractivity contribution in [3.05, 3.63) is 29.8 Å². The molecule has 1 aromatic rings. The molecular formula is C17H27N3O2. The number of ether oxygens (including phenoxy) is 1. The van der Waals surface area contributed by atoms with E-state index in [2.05, 4.69) is 34.3 Å². The van der Waals surface area contributed by atoms with Crippen molar-refractivity contribution in [2.45, 2.75) is 38.3 Å². The molecule has 5 heteroatoms. The number of rotatable bonds is 6. The van der Waals surface area contributed by atoms with Gasteiger partial charge >= 0.3 is 0 Å². The van der Waals surface area contributed by atoms with E-state index in [1.165, 1.54) is 5.56 Å². The van der Waals surface area contributed by atoms with Crippen LogP contribution in [0.3, 0.4) is 0 Å². The van der Waals surface area contributed by atoms with E-state index in [1.54, 1.807) is 7.11 Å². The van der Waals surface area contributed by atoms with Gasteiger partial charge in [0.25, 0.3) is 0 Å². The highest BCUT2D eigenvalue weighted by atomic mass is 16.5. The maximum atomic E-state index is 10.2. The van der Waals surface area contributed by atoms with Gasteiger partial charge in [-0.1, -0.05) is 12.1 Å². The maximum absolute atomic E-state index is 10.2. The molecule has 22 heavy (non-hydrogen) atoms. The SMILES string of the molecule is CCNC(=NCC1(O)CCC1)N(C)Cc1ccc(OC)cc1. The third kappa shape index (κ3) is 4.37. The van der Waals surface area contributed by atoms with Crippen molar-refractivity contribution >= 4 is 5.96 Å². The monoisotopic (exact) mass is 305 g/mol. The molecule has 0 heterocycles. The molecule has 0 unspecified atom stereocenters. The van der Waals surface area contributed by atoms with Crippen LogP contribution in [0.5, 0.6) is 5.75 Å². The average Bonchev–Trinajstić information content (AvgIpc) is 2.50. The van der Waals surface area contributed by atoms with E-state index in [-0.39, 0.29) is 0 Å². The molecule has 0 aliphatic heterocycles. The average molecular weight is 305 g/mol. The summed E-state index contributed by atoms with van der Waals surface area (Å²) in [5.41, 5.74) is 0.609. The first-order chi connectivity index (χ1) is 10.6. The van der Waals surface area contributed by atoms with E-state index in [1.807, 2.05) is 19.2 Å². The quantitative estimate of drug-likeness (QED) is 0.623. The number of aliphatic hydroxyl groups is 1.